The molecule has 0 radical (unpaired) electrons. The van der Waals surface area contributed by atoms with Crippen molar-refractivity contribution in [2.45, 2.75) is 58.8 Å². The number of nitrogens with zero attached hydrogens (tertiary/aromatic N) is 23. The number of amides is 16. The molecule has 0 aliphatic rings. The van der Waals surface area contributed by atoms with Gasteiger partial charge >= 0.3 is 28.4 Å². The first-order chi connectivity index (χ1) is 68.0. The van der Waals surface area contributed by atoms with Crippen LogP contribution in [0.1, 0.15) is 5.56 Å². The molecule has 65 heteroatoms. The van der Waals surface area contributed by atoms with Crippen LogP contribution in [-0.4, -0.2) is 371 Å². The number of aromatic amines is 2. The summed E-state index contributed by atoms with van der Waals surface area (Å²) in [6.07, 6.45) is 9.10. The summed E-state index contributed by atoms with van der Waals surface area (Å²) in [5.41, 5.74) is 38.9. The summed E-state index contributed by atoms with van der Waals surface area (Å²) in [6, 6.07) is 3.80. The number of imidazole rings is 2. The molecule has 0 unspecified atom stereocenters. The molecule has 9 rings (SSSR count). The van der Waals surface area contributed by atoms with Crippen molar-refractivity contribution in [1.29, 1.82) is 0 Å². The Morgan fingerprint density at radius 1 is 0.364 bits per heavy atom. The third-order valence-electron chi connectivity index (χ3n) is 20.5. The van der Waals surface area contributed by atoms with E-state index >= 15 is 0 Å². The molecule has 0 bridgehead atoms. The molecule has 16 amide bonds. The van der Waals surface area contributed by atoms with Crippen LogP contribution in [0.2, 0.25) is 0 Å². The van der Waals surface area contributed by atoms with Gasteiger partial charge in [0.2, 0.25) is 100 Å². The van der Waals surface area contributed by atoms with E-state index in [0.29, 0.717) is 0 Å². The number of hydrogen-bond acceptors (Lipinski definition) is 40. The van der Waals surface area contributed by atoms with Crippen molar-refractivity contribution >= 4 is 165 Å². The van der Waals surface area contributed by atoms with Crippen LogP contribution in [0.3, 0.4) is 0 Å². The van der Waals surface area contributed by atoms with Crippen LogP contribution < -0.4 is 128 Å². The molecule has 0 spiro atoms. The van der Waals surface area contributed by atoms with E-state index in [9.17, 15) is 110 Å². The average Bonchev–Trinajstić information content (AvgIpc) is 1.65. The van der Waals surface area contributed by atoms with Crippen LogP contribution in [0.5, 0.6) is 0 Å². The van der Waals surface area contributed by atoms with E-state index in [1.54, 1.807) is 0 Å². The largest absolute Gasteiger partial charge is 0.383 e. The summed E-state index contributed by atoms with van der Waals surface area (Å²) in [4.78, 5) is 354. The number of nitrogens with one attached hydrogen (secondary N) is 10. The van der Waals surface area contributed by atoms with E-state index in [0.717, 1.165) is 94.6 Å². The van der Waals surface area contributed by atoms with Crippen molar-refractivity contribution < 1.29 is 76.7 Å². The molecule has 9 aromatic heterocycles. The van der Waals surface area contributed by atoms with Crippen molar-refractivity contribution in [3.05, 3.63) is 153 Å². The highest BCUT2D eigenvalue weighted by molar-refractivity contribution is 7.80. The van der Waals surface area contributed by atoms with Gasteiger partial charge in [-0.25, -0.2) is 43.9 Å². The maximum atomic E-state index is 14.3. The Hall–Kier alpha value is -18.3. The number of aromatic nitrogens is 18. The lowest BCUT2D eigenvalue weighted by atomic mass is 10.3. The Labute approximate surface area is 808 Å². The minimum atomic E-state index is -1.05. The number of thiol groups is 1. The smallest absolute Gasteiger partial charge is 0.349 e. The number of fused-ring (bicyclic) bond motifs is 2. The topological polar surface area (TPSA) is 902 Å². The zero-order valence-electron chi connectivity index (χ0n) is 76.5. The lowest BCUT2D eigenvalue weighted by Gasteiger charge is -2.26. The Morgan fingerprint density at radius 2 is 0.657 bits per heavy atom. The van der Waals surface area contributed by atoms with E-state index < -0.39 is 310 Å². The molecular weight excluding hydrogens is 1910 g/mol. The average molecular weight is 2020 g/mol. The molecule has 1 atom stereocenters. The van der Waals surface area contributed by atoms with E-state index in [-0.39, 0.29) is 88.3 Å². The molecule has 9 heterocycles. The van der Waals surface area contributed by atoms with Crippen molar-refractivity contribution in [2.75, 3.05) is 184 Å². The van der Waals surface area contributed by atoms with Gasteiger partial charge in [0, 0.05) is 134 Å². The Balaban J connectivity index is 0.858. The number of nitrogen functional groups attached to an aromatic ring is 6. The van der Waals surface area contributed by atoms with Crippen LogP contribution >= 0.6 is 12.6 Å². The minimum Gasteiger partial charge on any atom is -0.383 e. The van der Waals surface area contributed by atoms with Crippen LogP contribution in [0.4, 0.5) is 35.0 Å². The first-order valence-electron chi connectivity index (χ1n) is 43.0. The van der Waals surface area contributed by atoms with Gasteiger partial charge in [-0.05, 0) is 31.2 Å². The van der Waals surface area contributed by atoms with Crippen LogP contribution in [0.15, 0.2) is 108 Å². The van der Waals surface area contributed by atoms with E-state index in [1.807, 2.05) is 0 Å². The van der Waals surface area contributed by atoms with Crippen molar-refractivity contribution in [3.63, 3.8) is 0 Å². The molecule has 143 heavy (non-hydrogen) atoms. The predicted molar refractivity (Wildman–Crippen MR) is 501 cm³/mol. The number of nitrogens with two attached hydrogens (primary N) is 8. The Morgan fingerprint density at radius 3 is 0.972 bits per heavy atom. The third kappa shape index (κ3) is 33.3. The second-order valence-corrected chi connectivity index (χ2v) is 31.5. The number of rotatable bonds is 53. The highest BCUT2D eigenvalue weighted by Crippen LogP contribution is 2.16. The summed E-state index contributed by atoms with van der Waals surface area (Å²) >= 11 is 4.01. The number of carbonyl (C=O) groups is 16. The quantitative estimate of drug-likeness (QED) is 0.0157. The number of aryl methyl sites for hydroxylation is 1. The number of H-pyrrole nitrogens is 2. The van der Waals surface area contributed by atoms with Crippen molar-refractivity contribution in [3.8, 4) is 0 Å². The first kappa shape index (κ1) is 108. The SMILES string of the molecule is Cc1cn(CC(=O)N(CCNC(=O)CN(CCNC(=O)CN(CCNC(=O)[C@@H](N)CS)C(=O)Cn2ccc(N)nc2=O)C(=O)Cn2ccc(N)nc2=O)CC(=O)NCCN(CC(=O)NCCN(CC(=O)NCCN(CC(=O)NCCN(CC(=O)NCC(N)=O)C(=O)Cn2cnc3c(=O)[nH]c(N)nc32)C(=O)Cn2cnc3c(N)ncnc32)C(=O)Cn2ccc(N)nc2=O)C(=O)Cn2ccc(N)nc2=O)c(=O)[nH]c1=O. The molecule has 64 nitrogen and oxygen atoms in total. The minimum absolute atomic E-state index is 0.0126. The monoisotopic (exact) mass is 2010 g/mol. The predicted octanol–water partition coefficient (Wildman–Crippen LogP) is -17.2. The molecule has 0 saturated carbocycles. The molecule has 0 aliphatic carbocycles. The third-order valence-corrected chi connectivity index (χ3v) is 20.9. The Kier molecular flexibility index (Phi) is 39.2. The summed E-state index contributed by atoms with van der Waals surface area (Å²) in [5, 5.41) is 19.9. The fourth-order valence-corrected chi connectivity index (χ4v) is 13.3. The van der Waals surface area contributed by atoms with Gasteiger partial charge in [-0.15, -0.1) is 0 Å². The fraction of sp³-hybridized carbons (Fsp3) is 0.410. The molecule has 0 saturated heterocycles. The van der Waals surface area contributed by atoms with E-state index in [4.69, 9.17) is 45.9 Å². The first-order valence-corrected chi connectivity index (χ1v) is 43.6. The highest BCUT2D eigenvalue weighted by Gasteiger charge is 2.30. The second kappa shape index (κ2) is 51.8. The molecule has 9 aromatic rings. The zero-order chi connectivity index (χ0) is 104. The lowest BCUT2D eigenvalue weighted by molar-refractivity contribution is -0.138. The van der Waals surface area contributed by atoms with Gasteiger partial charge in [-0.3, -0.25) is 119 Å². The molecule has 764 valence electrons. The molecule has 26 N–H and O–H groups in total. The normalized spacial score (nSPS) is 11.2. The molecule has 0 aliphatic heterocycles. The molecular formula is C78H103N41O23S. The standard InChI is InChI=1S/C78H103N41O23S/c1-44-25-117(78(142)105-70(44)135)37-62(132)109(20-9-90-52(122)27-108(60(130)35-115-15-4-48(82)101-76(115)140)19-8-89-56(126)31-112(23-12-93-71(136)45(79)40-143)61(131)36-116-16-5-49(83)102-77(116)141)29-54(124)88-7-18-107(59(129)34-114-14-3-47(81)100-75(114)139)26-51(121)87-6-17-106(58(128)33-113-13-2-46(80)99-74(113)138)28-53(123)91-10-21-110(63(133)38-118-42-97-65-67(85)95-41-96-68(65)118)30-55(125)92-11-22-111(32-57(127)94-24-50(84)120)64(134)39-119-43-98-66-69(119)103-73(86)104-72(66)137/h2-5,13-16,25,41-43,45,143H,6-12,17-24,26-40,79H2,1H3,(H2,84,120)(H,87,121)(H,88,124)(H,89,126)(H,90,122)(H,91,123)(H,92,125)(H,93,136)(H,94,127)(H2,80,99,138)(H2,81,100,139)(H2,82,101,140)(H2,83,102,141)(H2,85,95,96)(H,105,135,142)(H3,86,103,104,137)/t45-/m0/s1. The van der Waals surface area contributed by atoms with Gasteiger partial charge < -0.3 is 132 Å². The number of primary amides is 1. The number of anilines is 6. The molecule has 0 aromatic carbocycles. The van der Waals surface area contributed by atoms with Gasteiger partial charge in [0.1, 0.15) is 80.9 Å². The summed E-state index contributed by atoms with van der Waals surface area (Å²) in [5.74, 6) is -15.2. The second-order valence-electron chi connectivity index (χ2n) is 31.2. The highest BCUT2D eigenvalue weighted by atomic mass is 32.1. The Bertz CT molecular complexity index is 6720. The number of hydrogen-bond donors (Lipinski definition) is 19. The number of carbonyl (C=O) groups excluding carboxylic acids is 16. The maximum absolute atomic E-state index is 14.3. The summed E-state index contributed by atoms with van der Waals surface area (Å²) < 4.78 is 6.70. The van der Waals surface area contributed by atoms with Crippen LogP contribution in [0, 0.1) is 6.92 Å². The van der Waals surface area contributed by atoms with Crippen LogP contribution in [-0.2, 0) is 123 Å². The van der Waals surface area contributed by atoms with Gasteiger partial charge in [0.25, 0.3) is 11.1 Å². The van der Waals surface area contributed by atoms with Crippen LogP contribution in [0.25, 0.3) is 22.3 Å². The van der Waals surface area contributed by atoms with E-state index in [2.05, 4.69) is 110 Å². The summed E-state index contributed by atoms with van der Waals surface area (Å²) in [6.45, 7) is -16.1. The van der Waals surface area contributed by atoms with Crippen molar-refractivity contribution in [2.24, 2.45) is 11.5 Å². The van der Waals surface area contributed by atoms with Gasteiger partial charge in [0.15, 0.2) is 22.6 Å². The van der Waals surface area contributed by atoms with Gasteiger partial charge in [0.05, 0.1) is 71.1 Å². The molecule has 0 fully saturated rings. The fourth-order valence-electron chi connectivity index (χ4n) is 13.2. The van der Waals surface area contributed by atoms with Gasteiger partial charge in [-0.2, -0.15) is 37.5 Å². The zero-order valence-corrected chi connectivity index (χ0v) is 77.4. The van der Waals surface area contributed by atoms with Gasteiger partial charge in [-0.1, -0.05) is 0 Å². The summed E-state index contributed by atoms with van der Waals surface area (Å²) in [7, 11) is 0. The van der Waals surface area contributed by atoms with E-state index in [1.165, 1.54) is 52.8 Å². The lowest BCUT2D eigenvalue weighted by Crippen LogP contribution is -2.51. The maximum Gasteiger partial charge on any atom is 0.349 e. The van der Waals surface area contributed by atoms with Crippen molar-refractivity contribution in [1.82, 2.24) is 164 Å².